The highest BCUT2D eigenvalue weighted by Crippen LogP contribution is 2.43. The molecule has 2 atom stereocenters. The van der Waals surface area contributed by atoms with Crippen molar-refractivity contribution in [3.63, 3.8) is 0 Å². The van der Waals surface area contributed by atoms with Crippen molar-refractivity contribution in [3.05, 3.63) is 4.88 Å². The molecular formula is C14H22N2O3S. The van der Waals surface area contributed by atoms with Crippen LogP contribution in [0.15, 0.2) is 0 Å². The highest BCUT2D eigenvalue weighted by atomic mass is 32.1. The van der Waals surface area contributed by atoms with E-state index in [1.807, 2.05) is 0 Å². The largest absolute Gasteiger partial charge is 0.492 e. The molecule has 0 bridgehead atoms. The minimum Gasteiger partial charge on any atom is -0.492 e. The molecule has 1 aromatic heterocycles. The number of nitrogen functional groups attached to an aromatic ring is 1. The van der Waals surface area contributed by atoms with Gasteiger partial charge in [-0.25, -0.2) is 4.79 Å². The van der Waals surface area contributed by atoms with Gasteiger partial charge in [-0.3, -0.25) is 0 Å². The lowest BCUT2D eigenvalue weighted by atomic mass is 10.1. The van der Waals surface area contributed by atoms with Gasteiger partial charge in [-0.15, -0.1) is 11.3 Å². The molecule has 0 aromatic carbocycles. The van der Waals surface area contributed by atoms with Crippen molar-refractivity contribution in [1.29, 1.82) is 0 Å². The van der Waals surface area contributed by atoms with Crippen molar-refractivity contribution in [2.24, 2.45) is 11.8 Å². The average molecular weight is 298 g/mol. The number of methoxy groups -OCH3 is 2. The molecule has 2 rings (SSSR count). The van der Waals surface area contributed by atoms with Gasteiger partial charge in [0.25, 0.3) is 0 Å². The Balaban J connectivity index is 2.08. The van der Waals surface area contributed by atoms with Gasteiger partial charge < -0.3 is 20.5 Å². The smallest absolute Gasteiger partial charge is 0.350 e. The third kappa shape index (κ3) is 3.00. The minimum absolute atomic E-state index is 0.353. The van der Waals surface area contributed by atoms with E-state index in [0.29, 0.717) is 22.2 Å². The van der Waals surface area contributed by atoms with Gasteiger partial charge in [0.1, 0.15) is 15.6 Å². The first-order valence-corrected chi connectivity index (χ1v) is 7.66. The molecule has 0 amide bonds. The molecule has 1 aliphatic carbocycles. The second-order valence-electron chi connectivity index (χ2n) is 5.36. The molecule has 5 nitrogen and oxygen atoms in total. The Labute approximate surface area is 123 Å². The summed E-state index contributed by atoms with van der Waals surface area (Å²) in [7, 11) is 2.91. The van der Waals surface area contributed by atoms with E-state index in [0.717, 1.165) is 17.5 Å². The van der Waals surface area contributed by atoms with Crippen LogP contribution in [0.4, 0.5) is 10.7 Å². The number of hydrogen-bond donors (Lipinski definition) is 2. The number of esters is 1. The van der Waals surface area contributed by atoms with Crippen LogP contribution in [0.2, 0.25) is 0 Å². The molecule has 2 unspecified atom stereocenters. The quantitative estimate of drug-likeness (QED) is 0.818. The van der Waals surface area contributed by atoms with Crippen LogP contribution in [-0.4, -0.2) is 26.7 Å². The van der Waals surface area contributed by atoms with E-state index < -0.39 is 5.97 Å². The van der Waals surface area contributed by atoms with Crippen molar-refractivity contribution >= 4 is 28.0 Å². The summed E-state index contributed by atoms with van der Waals surface area (Å²) in [6, 6.07) is 0. The van der Waals surface area contributed by atoms with Gasteiger partial charge in [0.2, 0.25) is 0 Å². The number of carbonyl (C=O) groups is 1. The van der Waals surface area contributed by atoms with Crippen LogP contribution in [0.25, 0.3) is 0 Å². The highest BCUT2D eigenvalue weighted by molar-refractivity contribution is 7.19. The molecule has 0 saturated heterocycles. The van der Waals surface area contributed by atoms with Crippen LogP contribution in [0.5, 0.6) is 5.75 Å². The molecule has 112 valence electrons. The fraction of sp³-hybridized carbons (Fsp3) is 0.643. The SMILES string of the molecule is COC(=O)c1sc(NCC2CCC(C)C2)c(OC)c1N. The van der Waals surface area contributed by atoms with Gasteiger partial charge in [0, 0.05) is 6.54 Å². The second kappa shape index (κ2) is 6.35. The first kappa shape index (κ1) is 15.0. The van der Waals surface area contributed by atoms with E-state index in [9.17, 15) is 4.79 Å². The highest BCUT2D eigenvalue weighted by Gasteiger charge is 2.25. The normalized spacial score (nSPS) is 21.8. The van der Waals surface area contributed by atoms with Gasteiger partial charge in [-0.2, -0.15) is 0 Å². The summed E-state index contributed by atoms with van der Waals surface area (Å²) in [4.78, 5) is 12.0. The summed E-state index contributed by atoms with van der Waals surface area (Å²) in [6.45, 7) is 3.18. The van der Waals surface area contributed by atoms with E-state index in [2.05, 4.69) is 12.2 Å². The Morgan fingerprint density at radius 2 is 2.20 bits per heavy atom. The zero-order chi connectivity index (χ0) is 14.7. The molecule has 0 spiro atoms. The van der Waals surface area contributed by atoms with Crippen LogP contribution < -0.4 is 15.8 Å². The Morgan fingerprint density at radius 3 is 2.75 bits per heavy atom. The lowest BCUT2D eigenvalue weighted by molar-refractivity contribution is 0.0607. The van der Waals surface area contributed by atoms with Gasteiger partial charge in [0.15, 0.2) is 5.75 Å². The number of hydrogen-bond acceptors (Lipinski definition) is 6. The van der Waals surface area contributed by atoms with Gasteiger partial charge in [-0.05, 0) is 24.7 Å². The first-order chi connectivity index (χ1) is 9.56. The lowest BCUT2D eigenvalue weighted by Crippen LogP contribution is -2.11. The van der Waals surface area contributed by atoms with Crippen LogP contribution in [-0.2, 0) is 4.74 Å². The molecule has 3 N–H and O–H groups in total. The van der Waals surface area contributed by atoms with Crippen molar-refractivity contribution in [2.75, 3.05) is 31.8 Å². The Morgan fingerprint density at radius 1 is 1.45 bits per heavy atom. The molecular weight excluding hydrogens is 276 g/mol. The zero-order valence-corrected chi connectivity index (χ0v) is 13.0. The first-order valence-electron chi connectivity index (χ1n) is 6.85. The lowest BCUT2D eigenvalue weighted by Gasteiger charge is -2.12. The fourth-order valence-corrected chi connectivity index (χ4v) is 3.75. The fourth-order valence-electron chi connectivity index (χ4n) is 2.74. The van der Waals surface area contributed by atoms with Crippen LogP contribution in [0.1, 0.15) is 35.9 Å². The Hall–Kier alpha value is -1.43. The molecule has 1 saturated carbocycles. The van der Waals surface area contributed by atoms with E-state index in [4.69, 9.17) is 15.2 Å². The maximum absolute atomic E-state index is 11.6. The predicted octanol–water partition coefficient (Wildman–Crippen LogP) is 2.97. The second-order valence-corrected chi connectivity index (χ2v) is 6.38. The van der Waals surface area contributed by atoms with Gasteiger partial charge in [0.05, 0.1) is 14.2 Å². The Kier molecular flexibility index (Phi) is 4.75. The number of nitrogens with two attached hydrogens (primary N) is 1. The topological polar surface area (TPSA) is 73.6 Å². The number of rotatable bonds is 5. The molecule has 0 aliphatic heterocycles. The molecule has 6 heteroatoms. The summed E-state index contributed by atoms with van der Waals surface area (Å²) >= 11 is 1.29. The zero-order valence-electron chi connectivity index (χ0n) is 12.2. The maximum atomic E-state index is 11.6. The number of nitrogens with one attached hydrogen (secondary N) is 1. The minimum atomic E-state index is -0.423. The molecule has 20 heavy (non-hydrogen) atoms. The predicted molar refractivity (Wildman–Crippen MR) is 81.6 cm³/mol. The Bertz CT molecular complexity index is 487. The summed E-state index contributed by atoms with van der Waals surface area (Å²) in [5, 5.41) is 4.18. The van der Waals surface area contributed by atoms with Crippen molar-refractivity contribution in [1.82, 2.24) is 0 Å². The van der Waals surface area contributed by atoms with Crippen molar-refractivity contribution < 1.29 is 14.3 Å². The molecule has 0 radical (unpaired) electrons. The summed E-state index contributed by atoms with van der Waals surface area (Å²) in [5.74, 6) is 1.61. The van der Waals surface area contributed by atoms with Gasteiger partial charge >= 0.3 is 5.97 Å². The number of carbonyl (C=O) groups excluding carboxylic acids is 1. The van der Waals surface area contributed by atoms with Crippen LogP contribution in [0.3, 0.4) is 0 Å². The van der Waals surface area contributed by atoms with Crippen LogP contribution in [0, 0.1) is 11.8 Å². The van der Waals surface area contributed by atoms with E-state index in [1.165, 1.54) is 37.7 Å². The van der Waals surface area contributed by atoms with Crippen molar-refractivity contribution in [3.8, 4) is 5.75 Å². The molecule has 1 fully saturated rings. The third-order valence-corrected chi connectivity index (χ3v) is 4.95. The van der Waals surface area contributed by atoms with E-state index in [-0.39, 0.29) is 0 Å². The summed E-state index contributed by atoms with van der Waals surface area (Å²) in [5.41, 5.74) is 6.29. The standard InChI is InChI=1S/C14H22N2O3S/c1-8-4-5-9(6-8)7-16-13-11(18-2)10(15)12(20-13)14(17)19-3/h8-9,16H,4-7,15H2,1-3H3. The maximum Gasteiger partial charge on any atom is 0.350 e. The monoisotopic (exact) mass is 298 g/mol. The number of thiophene rings is 1. The van der Waals surface area contributed by atoms with Gasteiger partial charge in [-0.1, -0.05) is 13.3 Å². The van der Waals surface area contributed by atoms with Crippen molar-refractivity contribution in [2.45, 2.75) is 26.2 Å². The molecule has 1 aliphatic rings. The van der Waals surface area contributed by atoms with Crippen LogP contribution >= 0.6 is 11.3 Å². The summed E-state index contributed by atoms with van der Waals surface area (Å²) < 4.78 is 10.0. The molecule has 1 aromatic rings. The number of anilines is 2. The van der Waals surface area contributed by atoms with E-state index in [1.54, 1.807) is 7.11 Å². The molecule has 1 heterocycles. The summed E-state index contributed by atoms with van der Waals surface area (Å²) in [6.07, 6.45) is 3.80. The average Bonchev–Trinajstić information content (AvgIpc) is 2.99. The third-order valence-electron chi connectivity index (χ3n) is 3.83. The number of ether oxygens (including phenoxy) is 2. The van der Waals surface area contributed by atoms with E-state index >= 15 is 0 Å².